The molecule has 37 heavy (non-hydrogen) atoms. The van der Waals surface area contributed by atoms with Crippen LogP contribution in [-0.4, -0.2) is 68.2 Å². The van der Waals surface area contributed by atoms with E-state index in [-0.39, 0.29) is 6.42 Å². The van der Waals surface area contributed by atoms with Crippen LogP contribution < -0.4 is 0 Å². The number of rotatable bonds is 6. The summed E-state index contributed by atoms with van der Waals surface area (Å²) in [7, 11) is 0. The highest BCUT2D eigenvalue weighted by atomic mass is 16.4. The number of aliphatic carboxylic acids is 1. The standard InChI is InChI=1S/C31H44N4O2/c36-30(37)12-13-33-19-23(20-33)31-32-28-10-3-4-11-29(28)35(31)27-17-24-8-5-9-25(18-27)34(24)26-15-21-6-1-2-7-22(14-21)16-26/h3-4,10-11,21-27H,1-2,5-9,12-20H2,(H,36,37)/t21-,22+,24-,25+,26?,27?. The van der Waals surface area contributed by atoms with E-state index in [1.54, 1.807) is 0 Å². The number of likely N-dealkylation sites (tertiary alicyclic amines) is 1. The van der Waals surface area contributed by atoms with Crippen molar-refractivity contribution in [3.8, 4) is 0 Å². The summed E-state index contributed by atoms with van der Waals surface area (Å²) in [6.07, 6.45) is 17.2. The first-order chi connectivity index (χ1) is 18.1. The van der Waals surface area contributed by atoms with Crippen LogP contribution in [0.4, 0.5) is 0 Å². The summed E-state index contributed by atoms with van der Waals surface area (Å²) in [5, 5.41) is 9.08. The first-order valence-corrected chi connectivity index (χ1v) is 15.3. The van der Waals surface area contributed by atoms with Gasteiger partial charge in [0.05, 0.1) is 17.5 Å². The second-order valence-corrected chi connectivity index (χ2v) is 13.1. The lowest BCUT2D eigenvalue weighted by atomic mass is 9.73. The molecule has 1 aromatic heterocycles. The molecule has 1 N–H and O–H groups in total. The number of imidazole rings is 1. The van der Waals surface area contributed by atoms with E-state index in [1.807, 2.05) is 0 Å². The van der Waals surface area contributed by atoms with Crippen LogP contribution in [-0.2, 0) is 4.79 Å². The Labute approximate surface area is 221 Å². The summed E-state index contributed by atoms with van der Waals surface area (Å²) in [6.45, 7) is 2.53. The van der Waals surface area contributed by atoms with Crippen molar-refractivity contribution in [3.63, 3.8) is 0 Å². The highest BCUT2D eigenvalue weighted by Crippen LogP contribution is 2.48. The van der Waals surface area contributed by atoms with Crippen molar-refractivity contribution in [3.05, 3.63) is 30.1 Å². The molecule has 4 heterocycles. The maximum Gasteiger partial charge on any atom is 0.304 e. The second kappa shape index (κ2) is 10.00. The Morgan fingerprint density at radius 2 is 1.54 bits per heavy atom. The number of hydrogen-bond donors (Lipinski definition) is 1. The molecule has 0 radical (unpaired) electrons. The molecule has 2 saturated carbocycles. The van der Waals surface area contributed by atoms with Crippen LogP contribution in [0, 0.1) is 11.8 Å². The Hall–Kier alpha value is -1.92. The monoisotopic (exact) mass is 504 g/mol. The van der Waals surface area contributed by atoms with Crippen molar-refractivity contribution in [1.29, 1.82) is 0 Å². The number of para-hydroxylation sites is 2. The van der Waals surface area contributed by atoms with Gasteiger partial charge in [-0.1, -0.05) is 44.2 Å². The predicted octanol–water partition coefficient (Wildman–Crippen LogP) is 5.83. The first-order valence-electron chi connectivity index (χ1n) is 15.3. The summed E-state index contributed by atoms with van der Waals surface area (Å²) in [4.78, 5) is 21.6. The van der Waals surface area contributed by atoms with E-state index < -0.39 is 5.97 Å². The molecule has 5 aliphatic rings. The number of carboxylic acid groups (broad SMARTS) is 1. The molecule has 2 aliphatic carbocycles. The first kappa shape index (κ1) is 24.1. The third kappa shape index (κ3) is 4.63. The molecule has 2 aromatic rings. The van der Waals surface area contributed by atoms with Gasteiger partial charge in [-0.2, -0.15) is 0 Å². The average Bonchev–Trinajstić information content (AvgIpc) is 3.14. The van der Waals surface area contributed by atoms with Crippen molar-refractivity contribution >= 4 is 17.0 Å². The molecule has 4 bridgehead atoms. The van der Waals surface area contributed by atoms with Crippen molar-refractivity contribution < 1.29 is 9.90 Å². The molecular formula is C31H44N4O2. The van der Waals surface area contributed by atoms with Crippen molar-refractivity contribution in [1.82, 2.24) is 19.4 Å². The average molecular weight is 505 g/mol. The molecular weight excluding hydrogens is 460 g/mol. The van der Waals surface area contributed by atoms with Crippen LogP contribution in [0.3, 0.4) is 0 Å². The van der Waals surface area contributed by atoms with Crippen LogP contribution in [0.15, 0.2) is 24.3 Å². The zero-order valence-corrected chi connectivity index (χ0v) is 22.3. The van der Waals surface area contributed by atoms with E-state index in [4.69, 9.17) is 10.1 Å². The van der Waals surface area contributed by atoms with Crippen molar-refractivity contribution in [2.45, 2.75) is 114 Å². The molecule has 6 atom stereocenters. The Morgan fingerprint density at radius 1 is 0.838 bits per heavy atom. The van der Waals surface area contributed by atoms with Gasteiger partial charge in [0.2, 0.25) is 0 Å². The van der Waals surface area contributed by atoms with Gasteiger partial charge in [-0.3, -0.25) is 9.69 Å². The lowest BCUT2D eigenvalue weighted by Crippen LogP contribution is -2.58. The minimum absolute atomic E-state index is 0.230. The number of benzene rings is 1. The maximum atomic E-state index is 11.0. The molecule has 7 rings (SSSR count). The Kier molecular flexibility index (Phi) is 6.52. The fourth-order valence-corrected chi connectivity index (χ4v) is 9.21. The van der Waals surface area contributed by atoms with Gasteiger partial charge in [0.1, 0.15) is 5.82 Å². The summed E-state index contributed by atoms with van der Waals surface area (Å²) in [5.41, 5.74) is 2.44. The number of nitrogens with zero attached hydrogens (tertiary/aromatic N) is 4. The number of piperidine rings is 2. The number of aromatic nitrogens is 2. The predicted molar refractivity (Wildman–Crippen MR) is 146 cm³/mol. The van der Waals surface area contributed by atoms with Crippen LogP contribution in [0.2, 0.25) is 0 Å². The normalized spacial score (nSPS) is 35.2. The van der Waals surface area contributed by atoms with E-state index in [2.05, 4.69) is 38.6 Å². The highest BCUT2D eigenvalue weighted by Gasteiger charge is 2.46. The van der Waals surface area contributed by atoms with Crippen molar-refractivity contribution in [2.75, 3.05) is 19.6 Å². The summed E-state index contributed by atoms with van der Waals surface area (Å²) in [5.74, 6) is 2.94. The van der Waals surface area contributed by atoms with Gasteiger partial charge in [0.15, 0.2) is 0 Å². The molecule has 6 nitrogen and oxygen atoms in total. The molecule has 200 valence electrons. The third-order valence-electron chi connectivity index (χ3n) is 10.7. The molecule has 6 heteroatoms. The van der Waals surface area contributed by atoms with Gasteiger partial charge in [0.25, 0.3) is 0 Å². The lowest BCUT2D eigenvalue weighted by Gasteiger charge is -2.55. The maximum absolute atomic E-state index is 11.0. The van der Waals surface area contributed by atoms with Gasteiger partial charge in [-0.25, -0.2) is 4.98 Å². The van der Waals surface area contributed by atoms with Crippen LogP contribution in [0.25, 0.3) is 11.0 Å². The molecule has 3 aliphatic heterocycles. The molecule has 3 saturated heterocycles. The zero-order valence-electron chi connectivity index (χ0n) is 22.3. The van der Waals surface area contributed by atoms with Gasteiger partial charge in [0, 0.05) is 49.7 Å². The van der Waals surface area contributed by atoms with E-state index in [0.717, 1.165) is 48.6 Å². The SMILES string of the molecule is O=C(O)CCN1CC(c2nc3ccccc3n2C2C[C@H]3CCC[C@@H](C2)N3C2C[C@H]3CCCC[C@@H](C2)C3)C1. The van der Waals surface area contributed by atoms with Gasteiger partial charge < -0.3 is 14.6 Å². The Bertz CT molecular complexity index is 1100. The quantitative estimate of drug-likeness (QED) is 0.537. The number of hydrogen-bond acceptors (Lipinski definition) is 4. The van der Waals surface area contributed by atoms with Crippen LogP contribution >= 0.6 is 0 Å². The second-order valence-electron chi connectivity index (χ2n) is 13.1. The zero-order chi connectivity index (χ0) is 24.9. The van der Waals surface area contributed by atoms with E-state index >= 15 is 0 Å². The fraction of sp³-hybridized carbons (Fsp3) is 0.742. The number of carboxylic acids is 1. The Morgan fingerprint density at radius 3 is 2.24 bits per heavy atom. The Balaban J connectivity index is 1.13. The van der Waals surface area contributed by atoms with Gasteiger partial charge in [-0.15, -0.1) is 0 Å². The molecule has 5 fully saturated rings. The largest absolute Gasteiger partial charge is 0.481 e. The van der Waals surface area contributed by atoms with Gasteiger partial charge >= 0.3 is 5.97 Å². The van der Waals surface area contributed by atoms with E-state index in [0.29, 0.717) is 18.5 Å². The molecule has 2 unspecified atom stereocenters. The van der Waals surface area contributed by atoms with E-state index in [9.17, 15) is 4.79 Å². The minimum atomic E-state index is -0.703. The topological polar surface area (TPSA) is 61.6 Å². The minimum Gasteiger partial charge on any atom is -0.481 e. The lowest BCUT2D eigenvalue weighted by molar-refractivity contribution is -0.137. The van der Waals surface area contributed by atoms with Gasteiger partial charge in [-0.05, 0) is 68.9 Å². The molecule has 1 aromatic carbocycles. The third-order valence-corrected chi connectivity index (χ3v) is 10.7. The van der Waals surface area contributed by atoms with E-state index in [1.165, 1.54) is 88.4 Å². The van der Waals surface area contributed by atoms with Crippen molar-refractivity contribution in [2.24, 2.45) is 11.8 Å². The summed E-state index contributed by atoms with van der Waals surface area (Å²) >= 11 is 0. The highest BCUT2D eigenvalue weighted by molar-refractivity contribution is 5.76. The fourth-order valence-electron chi connectivity index (χ4n) is 9.21. The number of fused-ring (bicyclic) bond motifs is 5. The van der Waals surface area contributed by atoms with Crippen LogP contribution in [0.5, 0.6) is 0 Å². The smallest absolute Gasteiger partial charge is 0.304 e. The summed E-state index contributed by atoms with van der Waals surface area (Å²) < 4.78 is 2.65. The summed E-state index contributed by atoms with van der Waals surface area (Å²) in [6, 6.07) is 11.6. The molecule has 0 amide bonds. The van der Waals surface area contributed by atoms with Crippen LogP contribution in [0.1, 0.15) is 101 Å². The molecule has 0 spiro atoms. The number of carbonyl (C=O) groups is 1.